The summed E-state index contributed by atoms with van der Waals surface area (Å²) >= 11 is 0. The molecule has 0 amide bonds. The van der Waals surface area contributed by atoms with Gasteiger partial charge in [-0.05, 0) is 26.8 Å². The maximum absolute atomic E-state index is 11.1. The fraction of sp³-hybridized carbons (Fsp3) is 0.727. The second-order valence-electron chi connectivity index (χ2n) is 3.74. The molecule has 0 rings (SSSR count). The van der Waals surface area contributed by atoms with Crippen molar-refractivity contribution < 1.29 is 24.2 Å². The van der Waals surface area contributed by atoms with E-state index >= 15 is 0 Å². The van der Waals surface area contributed by atoms with Crippen molar-refractivity contribution in [3.05, 3.63) is 6.92 Å². The predicted octanol–water partition coefficient (Wildman–Crippen LogP) is -0.215. The molecule has 6 heteroatoms. The van der Waals surface area contributed by atoms with Gasteiger partial charge in [0.1, 0.15) is 12.7 Å². The molecule has 2 unspecified atom stereocenters. The Morgan fingerprint density at radius 1 is 1.41 bits per heavy atom. The van der Waals surface area contributed by atoms with Crippen LogP contribution in [-0.2, 0) is 19.1 Å². The Labute approximate surface area is 101 Å². The summed E-state index contributed by atoms with van der Waals surface area (Å²) in [4.78, 5) is 22.2. The van der Waals surface area contributed by atoms with Gasteiger partial charge in [0.15, 0.2) is 0 Å². The van der Waals surface area contributed by atoms with Crippen LogP contribution in [0.4, 0.5) is 0 Å². The highest BCUT2D eigenvalue weighted by Gasteiger charge is 2.13. The van der Waals surface area contributed by atoms with E-state index in [1.165, 1.54) is 6.92 Å². The van der Waals surface area contributed by atoms with Crippen molar-refractivity contribution in [3.63, 3.8) is 0 Å². The van der Waals surface area contributed by atoms with E-state index in [9.17, 15) is 9.59 Å². The number of esters is 2. The molecule has 0 bridgehead atoms. The minimum atomic E-state index is -0.762. The van der Waals surface area contributed by atoms with Crippen molar-refractivity contribution in [2.75, 3.05) is 13.2 Å². The molecule has 99 valence electrons. The van der Waals surface area contributed by atoms with Crippen LogP contribution >= 0.6 is 0 Å². The number of carbonyl (C=O) groups is 2. The summed E-state index contributed by atoms with van der Waals surface area (Å²) in [6.45, 7) is 5.32. The number of carbonyl (C=O) groups excluding carboxylic acids is 2. The number of ether oxygens (including phenoxy) is 2. The lowest BCUT2D eigenvalue weighted by Crippen LogP contribution is -2.24. The summed E-state index contributed by atoms with van der Waals surface area (Å²) in [5.41, 5.74) is 5.23. The number of aliphatic hydroxyl groups is 1. The maximum atomic E-state index is 11.1. The van der Waals surface area contributed by atoms with E-state index in [2.05, 4.69) is 6.92 Å². The summed E-state index contributed by atoms with van der Waals surface area (Å²) in [5.74, 6) is -0.964. The maximum Gasteiger partial charge on any atom is 0.308 e. The number of aliphatic hydroxyl groups excluding tert-OH is 1. The molecule has 0 aromatic rings. The molecule has 6 nitrogen and oxygen atoms in total. The molecule has 0 saturated carbocycles. The molecule has 0 aliphatic carbocycles. The molecule has 0 aromatic heterocycles. The zero-order valence-electron chi connectivity index (χ0n) is 10.1. The van der Waals surface area contributed by atoms with Gasteiger partial charge in [-0.25, -0.2) is 0 Å². The fourth-order valence-electron chi connectivity index (χ4n) is 1.01. The summed E-state index contributed by atoms with van der Waals surface area (Å²) in [6.07, 6.45) is -0.828. The van der Waals surface area contributed by atoms with Crippen molar-refractivity contribution in [2.45, 2.75) is 38.4 Å². The van der Waals surface area contributed by atoms with E-state index in [-0.39, 0.29) is 19.4 Å². The lowest BCUT2D eigenvalue weighted by molar-refractivity contribution is -0.157. The van der Waals surface area contributed by atoms with Crippen LogP contribution < -0.4 is 5.73 Å². The van der Waals surface area contributed by atoms with Gasteiger partial charge in [-0.2, -0.15) is 0 Å². The minimum absolute atomic E-state index is 0.0883. The van der Waals surface area contributed by atoms with Crippen molar-refractivity contribution in [2.24, 2.45) is 5.73 Å². The third kappa shape index (κ3) is 9.77. The van der Waals surface area contributed by atoms with Crippen LogP contribution in [0.3, 0.4) is 0 Å². The van der Waals surface area contributed by atoms with Gasteiger partial charge in [-0.1, -0.05) is 0 Å². The van der Waals surface area contributed by atoms with Crippen LogP contribution in [-0.4, -0.2) is 42.4 Å². The van der Waals surface area contributed by atoms with Crippen LogP contribution in [0.25, 0.3) is 0 Å². The smallest absolute Gasteiger partial charge is 0.308 e. The second-order valence-corrected chi connectivity index (χ2v) is 3.74. The molecule has 1 radical (unpaired) electrons. The van der Waals surface area contributed by atoms with Crippen LogP contribution in [0.15, 0.2) is 0 Å². The molecular weight excluding hydrogens is 226 g/mol. The third-order valence-electron chi connectivity index (χ3n) is 1.78. The first-order valence-electron chi connectivity index (χ1n) is 5.52. The van der Waals surface area contributed by atoms with Gasteiger partial charge in [0.05, 0.1) is 12.5 Å². The van der Waals surface area contributed by atoms with Gasteiger partial charge in [0.2, 0.25) is 0 Å². The Morgan fingerprint density at radius 3 is 2.59 bits per heavy atom. The number of hydrogen-bond acceptors (Lipinski definition) is 6. The molecule has 0 aliphatic rings. The average molecular weight is 246 g/mol. The van der Waals surface area contributed by atoms with Gasteiger partial charge < -0.3 is 20.3 Å². The Kier molecular flexibility index (Phi) is 8.35. The van der Waals surface area contributed by atoms with E-state index in [1.807, 2.05) is 0 Å². The predicted molar refractivity (Wildman–Crippen MR) is 60.8 cm³/mol. The summed E-state index contributed by atoms with van der Waals surface area (Å²) < 4.78 is 9.62. The normalized spacial score (nSPS) is 13.9. The molecule has 0 aromatic carbocycles. The molecule has 17 heavy (non-hydrogen) atoms. The first kappa shape index (κ1) is 15.9. The molecule has 0 heterocycles. The van der Waals surface area contributed by atoms with Crippen molar-refractivity contribution in [3.8, 4) is 0 Å². The first-order valence-corrected chi connectivity index (χ1v) is 5.52. The summed E-state index contributed by atoms with van der Waals surface area (Å²) in [7, 11) is 0. The highest BCUT2D eigenvalue weighted by Crippen LogP contribution is 2.00. The largest absolute Gasteiger partial charge is 0.462 e. The van der Waals surface area contributed by atoms with E-state index in [0.29, 0.717) is 13.0 Å². The van der Waals surface area contributed by atoms with Gasteiger partial charge in [0.25, 0.3) is 0 Å². The number of rotatable bonds is 8. The number of nitrogens with two attached hydrogens (primary N) is 1. The molecule has 0 fully saturated rings. The van der Waals surface area contributed by atoms with Gasteiger partial charge in [-0.3, -0.25) is 9.59 Å². The number of hydrogen-bond donors (Lipinski definition) is 2. The average Bonchev–Trinajstić information content (AvgIpc) is 2.22. The Balaban J connectivity index is 3.68. The standard InChI is InChI=1S/C11H20NO5/c1-8(13)6-11(15)17-9(2)7-16-10(14)4-3-5-12/h8-9,13H,2-7,12H2,1H3. The summed E-state index contributed by atoms with van der Waals surface area (Å²) in [6, 6.07) is 0. The lowest BCUT2D eigenvalue weighted by atomic mass is 10.3. The zero-order valence-corrected chi connectivity index (χ0v) is 10.1. The minimum Gasteiger partial charge on any atom is -0.462 e. The molecule has 2 atom stereocenters. The monoisotopic (exact) mass is 246 g/mol. The lowest BCUT2D eigenvalue weighted by Gasteiger charge is -2.14. The SMILES string of the molecule is [CH2]C(COC(=O)CCCN)OC(=O)CC(C)O. The molecule has 0 aliphatic heterocycles. The molecule has 3 N–H and O–H groups in total. The highest BCUT2D eigenvalue weighted by atomic mass is 16.6. The molecule has 0 spiro atoms. The van der Waals surface area contributed by atoms with Crippen LogP contribution in [0.5, 0.6) is 0 Å². The Morgan fingerprint density at radius 2 is 2.06 bits per heavy atom. The molecular formula is C11H20NO5. The Bertz CT molecular complexity index is 242. The fourth-order valence-corrected chi connectivity index (χ4v) is 1.01. The van der Waals surface area contributed by atoms with Crippen molar-refractivity contribution in [1.82, 2.24) is 0 Å². The van der Waals surface area contributed by atoms with Crippen LogP contribution in [0.1, 0.15) is 26.2 Å². The highest BCUT2D eigenvalue weighted by molar-refractivity contribution is 5.70. The van der Waals surface area contributed by atoms with E-state index in [0.717, 1.165) is 0 Å². The van der Waals surface area contributed by atoms with E-state index in [4.69, 9.17) is 20.3 Å². The first-order chi connectivity index (χ1) is 7.95. The van der Waals surface area contributed by atoms with Gasteiger partial charge in [0, 0.05) is 6.42 Å². The van der Waals surface area contributed by atoms with Gasteiger partial charge in [-0.15, -0.1) is 0 Å². The van der Waals surface area contributed by atoms with Crippen molar-refractivity contribution in [1.29, 1.82) is 0 Å². The van der Waals surface area contributed by atoms with Crippen molar-refractivity contribution >= 4 is 11.9 Å². The van der Waals surface area contributed by atoms with Crippen LogP contribution in [0, 0.1) is 6.92 Å². The third-order valence-corrected chi connectivity index (χ3v) is 1.78. The molecule has 0 saturated heterocycles. The quantitative estimate of drug-likeness (QED) is 0.575. The van der Waals surface area contributed by atoms with Gasteiger partial charge >= 0.3 is 11.9 Å². The van der Waals surface area contributed by atoms with E-state index in [1.54, 1.807) is 0 Å². The zero-order chi connectivity index (χ0) is 13.3. The summed E-state index contributed by atoms with van der Waals surface area (Å²) in [5, 5.41) is 8.93. The van der Waals surface area contributed by atoms with Crippen LogP contribution in [0.2, 0.25) is 0 Å². The Hall–Kier alpha value is -1.14. The van der Waals surface area contributed by atoms with E-state index < -0.39 is 24.1 Å². The second kappa shape index (κ2) is 8.95. The topological polar surface area (TPSA) is 98.9 Å².